The van der Waals surface area contributed by atoms with Gasteiger partial charge in [-0.2, -0.15) is 4.37 Å². The number of alkyl halides is 3. The van der Waals surface area contributed by atoms with E-state index in [2.05, 4.69) is 19.4 Å². The molecule has 0 saturated heterocycles. The van der Waals surface area contributed by atoms with Crippen LogP contribution in [0.4, 0.5) is 18.3 Å². The van der Waals surface area contributed by atoms with Crippen molar-refractivity contribution in [3.05, 3.63) is 56.2 Å². The third kappa shape index (κ3) is 4.66. The molecule has 33 heavy (non-hydrogen) atoms. The van der Waals surface area contributed by atoms with Gasteiger partial charge in [0.25, 0.3) is 5.56 Å². The van der Waals surface area contributed by atoms with E-state index in [1.54, 1.807) is 5.38 Å². The summed E-state index contributed by atoms with van der Waals surface area (Å²) >= 11 is 2.09. The summed E-state index contributed by atoms with van der Waals surface area (Å²) in [7, 11) is 2.87. The Hall–Kier alpha value is -3.52. The fourth-order valence-corrected chi connectivity index (χ4v) is 4.64. The number of rotatable bonds is 5. The molecule has 0 spiro atoms. The number of anilines is 1. The van der Waals surface area contributed by atoms with Gasteiger partial charge in [0, 0.05) is 25.0 Å². The molecule has 3 aromatic heterocycles. The lowest BCUT2D eigenvalue weighted by atomic mass is 10.2. The Morgan fingerprint density at radius 1 is 1.15 bits per heavy atom. The second-order valence-corrected chi connectivity index (χ2v) is 8.46. The summed E-state index contributed by atoms with van der Waals surface area (Å²) < 4.78 is 47.1. The van der Waals surface area contributed by atoms with Crippen LogP contribution in [0.1, 0.15) is 5.69 Å². The van der Waals surface area contributed by atoms with Gasteiger partial charge in [0.05, 0.1) is 23.2 Å². The Labute approximate surface area is 190 Å². The van der Waals surface area contributed by atoms with E-state index in [4.69, 9.17) is 0 Å². The highest BCUT2D eigenvalue weighted by atomic mass is 32.1. The molecule has 0 radical (unpaired) electrons. The number of nitrogens with zero attached hydrogens (tertiary/aromatic N) is 4. The first kappa shape index (κ1) is 22.7. The van der Waals surface area contributed by atoms with Crippen molar-refractivity contribution in [3.8, 4) is 17.0 Å². The molecular weight excluding hydrogens is 483 g/mol. The van der Waals surface area contributed by atoms with Crippen molar-refractivity contribution in [1.82, 2.24) is 18.5 Å². The quantitative estimate of drug-likeness (QED) is 0.454. The van der Waals surface area contributed by atoms with E-state index in [1.165, 1.54) is 42.9 Å². The molecule has 0 aliphatic carbocycles. The van der Waals surface area contributed by atoms with Crippen LogP contribution in [0.25, 0.3) is 21.5 Å². The summed E-state index contributed by atoms with van der Waals surface area (Å²) in [5.41, 5.74) is 0.230. The monoisotopic (exact) mass is 497 g/mol. The number of aromatic nitrogens is 4. The number of carbonyl (C=O) groups is 1. The summed E-state index contributed by atoms with van der Waals surface area (Å²) in [6, 6.07) is 5.18. The molecule has 9 nitrogen and oxygen atoms in total. The van der Waals surface area contributed by atoms with Crippen LogP contribution in [-0.2, 0) is 25.3 Å². The minimum absolute atomic E-state index is 0.203. The van der Waals surface area contributed by atoms with Gasteiger partial charge in [-0.15, -0.1) is 24.5 Å². The Kier molecular flexibility index (Phi) is 5.80. The van der Waals surface area contributed by atoms with Crippen LogP contribution in [0.15, 0.2) is 39.2 Å². The molecule has 0 saturated carbocycles. The van der Waals surface area contributed by atoms with Crippen LogP contribution >= 0.6 is 22.9 Å². The molecule has 1 amide bonds. The summed E-state index contributed by atoms with van der Waals surface area (Å²) in [5, 5.41) is 4.74. The smallest absolute Gasteiger partial charge is 0.406 e. The van der Waals surface area contributed by atoms with Gasteiger partial charge in [-0.05, 0) is 35.8 Å². The standard InChI is InChI=1S/C19H14F3N5O4S2/c1-26-15(29)14-11(25-33-16(14)27(2)18(26)30)7-13(28)24-17-23-12(8-32-17)9-3-5-10(6-4-9)31-19(20,21)22/h3-6,8H,7H2,1-2H3,(H,23,24,28). The van der Waals surface area contributed by atoms with Crippen LogP contribution in [0.2, 0.25) is 0 Å². The Morgan fingerprint density at radius 3 is 2.52 bits per heavy atom. The van der Waals surface area contributed by atoms with E-state index in [9.17, 15) is 27.6 Å². The number of carbonyl (C=O) groups excluding carboxylic acids is 1. The van der Waals surface area contributed by atoms with Crippen molar-refractivity contribution in [2.24, 2.45) is 14.1 Å². The Balaban J connectivity index is 1.49. The largest absolute Gasteiger partial charge is 0.573 e. The van der Waals surface area contributed by atoms with Crippen molar-refractivity contribution in [2.45, 2.75) is 12.8 Å². The average molecular weight is 497 g/mol. The zero-order chi connectivity index (χ0) is 23.9. The Bertz CT molecular complexity index is 1470. The fourth-order valence-electron chi connectivity index (χ4n) is 3.05. The molecule has 4 aromatic rings. The molecule has 4 rings (SSSR count). The molecule has 0 aliphatic rings. The van der Waals surface area contributed by atoms with E-state index in [0.29, 0.717) is 16.1 Å². The maximum Gasteiger partial charge on any atom is 0.573 e. The molecule has 0 bridgehead atoms. The highest BCUT2D eigenvalue weighted by Crippen LogP contribution is 2.29. The number of aryl methyl sites for hydroxylation is 1. The number of nitrogens with one attached hydrogen (secondary N) is 1. The van der Waals surface area contributed by atoms with E-state index in [0.717, 1.165) is 27.4 Å². The number of hydrogen-bond acceptors (Lipinski definition) is 8. The summed E-state index contributed by atoms with van der Waals surface area (Å²) in [6.07, 6.45) is -4.98. The van der Waals surface area contributed by atoms with Gasteiger partial charge >= 0.3 is 12.1 Å². The van der Waals surface area contributed by atoms with Gasteiger partial charge in [-0.1, -0.05) is 0 Å². The number of ether oxygens (including phenoxy) is 1. The summed E-state index contributed by atoms with van der Waals surface area (Å²) in [5.74, 6) is -0.818. The van der Waals surface area contributed by atoms with Crippen LogP contribution in [0.3, 0.4) is 0 Å². The molecule has 1 N–H and O–H groups in total. The van der Waals surface area contributed by atoms with Crippen molar-refractivity contribution in [2.75, 3.05) is 5.32 Å². The highest BCUT2D eigenvalue weighted by Gasteiger charge is 2.31. The number of benzene rings is 1. The van der Waals surface area contributed by atoms with Gasteiger partial charge in [0.15, 0.2) is 5.13 Å². The van der Waals surface area contributed by atoms with E-state index >= 15 is 0 Å². The van der Waals surface area contributed by atoms with Crippen molar-refractivity contribution >= 4 is 44.1 Å². The second kappa shape index (κ2) is 8.44. The number of hydrogen-bond donors (Lipinski definition) is 1. The highest BCUT2D eigenvalue weighted by molar-refractivity contribution is 7.14. The maximum absolute atomic E-state index is 12.5. The predicted octanol–water partition coefficient (Wildman–Crippen LogP) is 2.90. The van der Waals surface area contributed by atoms with E-state index in [1.807, 2.05) is 0 Å². The van der Waals surface area contributed by atoms with Crippen molar-refractivity contribution in [1.29, 1.82) is 0 Å². The topological polar surface area (TPSA) is 108 Å². The third-order valence-electron chi connectivity index (χ3n) is 4.60. The maximum atomic E-state index is 12.5. The first-order chi connectivity index (χ1) is 15.5. The number of thiazole rings is 1. The first-order valence-corrected chi connectivity index (χ1v) is 10.8. The normalized spacial score (nSPS) is 11.7. The number of amides is 1. The van der Waals surface area contributed by atoms with Gasteiger partial charge in [-0.25, -0.2) is 9.78 Å². The molecular formula is C19H14F3N5O4S2. The van der Waals surface area contributed by atoms with Gasteiger partial charge in [-0.3, -0.25) is 18.7 Å². The summed E-state index contributed by atoms with van der Waals surface area (Å²) in [4.78, 5) is 41.7. The molecule has 1 aromatic carbocycles. The lowest BCUT2D eigenvalue weighted by Crippen LogP contribution is -2.36. The lowest BCUT2D eigenvalue weighted by Gasteiger charge is -2.08. The molecule has 0 fully saturated rings. The number of halogens is 3. The second-order valence-electron chi connectivity index (χ2n) is 6.85. The molecule has 0 aliphatic heterocycles. The molecule has 172 valence electrons. The molecule has 14 heteroatoms. The van der Waals surface area contributed by atoms with Crippen LogP contribution in [0.5, 0.6) is 5.75 Å². The lowest BCUT2D eigenvalue weighted by molar-refractivity contribution is -0.274. The van der Waals surface area contributed by atoms with Crippen molar-refractivity contribution in [3.63, 3.8) is 0 Å². The predicted molar refractivity (Wildman–Crippen MR) is 117 cm³/mol. The minimum Gasteiger partial charge on any atom is -0.406 e. The number of fused-ring (bicyclic) bond motifs is 1. The molecule has 3 heterocycles. The van der Waals surface area contributed by atoms with E-state index in [-0.39, 0.29) is 28.4 Å². The van der Waals surface area contributed by atoms with E-state index < -0.39 is 23.5 Å². The van der Waals surface area contributed by atoms with Crippen molar-refractivity contribution < 1.29 is 22.7 Å². The van der Waals surface area contributed by atoms with Gasteiger partial charge in [0.2, 0.25) is 5.91 Å². The molecule has 0 unspecified atom stereocenters. The van der Waals surface area contributed by atoms with Gasteiger partial charge in [0.1, 0.15) is 10.6 Å². The average Bonchev–Trinajstić information content (AvgIpc) is 3.37. The summed E-state index contributed by atoms with van der Waals surface area (Å²) in [6.45, 7) is 0. The van der Waals surface area contributed by atoms with Crippen LogP contribution in [0, 0.1) is 0 Å². The van der Waals surface area contributed by atoms with Gasteiger partial charge < -0.3 is 10.1 Å². The third-order valence-corrected chi connectivity index (χ3v) is 6.32. The SMILES string of the molecule is Cn1c(=O)c2c(CC(=O)Nc3nc(-c4ccc(OC(F)(F)F)cc4)cs3)nsc2n(C)c1=O. The van der Waals surface area contributed by atoms with Crippen LogP contribution < -0.4 is 21.3 Å². The van der Waals surface area contributed by atoms with Crippen LogP contribution in [-0.4, -0.2) is 30.8 Å². The molecule has 0 atom stereocenters. The minimum atomic E-state index is -4.78. The zero-order valence-corrected chi connectivity index (χ0v) is 18.6. The fraction of sp³-hybridized carbons (Fsp3) is 0.211. The zero-order valence-electron chi connectivity index (χ0n) is 17.0. The Morgan fingerprint density at radius 2 is 1.85 bits per heavy atom. The first-order valence-electron chi connectivity index (χ1n) is 9.19.